The maximum atomic E-state index is 6.75. The first-order chi connectivity index (χ1) is 25.3. The molecule has 1 aliphatic heterocycles. The monoisotopic (exact) mass is 652 g/mol. The Labute approximate surface area is 296 Å². The molecule has 0 saturated heterocycles. The Morgan fingerprint density at radius 1 is 0.373 bits per heavy atom. The number of rotatable bonds is 6. The molecule has 9 aromatic rings. The van der Waals surface area contributed by atoms with Crippen molar-refractivity contribution in [1.29, 1.82) is 0 Å². The Morgan fingerprint density at radius 2 is 0.863 bits per heavy atom. The van der Waals surface area contributed by atoms with Crippen LogP contribution in [0.2, 0.25) is 0 Å². The lowest BCUT2D eigenvalue weighted by molar-refractivity contribution is 0.478. The van der Waals surface area contributed by atoms with Gasteiger partial charge in [0.05, 0.1) is 16.7 Å². The summed E-state index contributed by atoms with van der Waals surface area (Å²) in [5.41, 5.74) is 13.6. The molecule has 0 N–H and O–H groups in total. The summed E-state index contributed by atoms with van der Waals surface area (Å²) in [5, 5.41) is 2.42. The normalized spacial score (nSPS) is 11.7. The van der Waals surface area contributed by atoms with E-state index < -0.39 is 0 Å². The molecule has 0 saturated carbocycles. The van der Waals surface area contributed by atoms with E-state index in [0.717, 1.165) is 50.9 Å². The molecule has 240 valence electrons. The zero-order valence-electron chi connectivity index (χ0n) is 27.8. The Hall–Kier alpha value is -6.84. The largest absolute Gasteiger partial charge is 0.452 e. The minimum Gasteiger partial charge on any atom is -0.452 e. The summed E-state index contributed by atoms with van der Waals surface area (Å²) >= 11 is 0. The highest BCUT2D eigenvalue weighted by atomic mass is 16.5. The van der Waals surface area contributed by atoms with Gasteiger partial charge in [-0.15, -0.1) is 0 Å². The topological polar surface area (TPSA) is 17.4 Å². The van der Waals surface area contributed by atoms with E-state index in [1.54, 1.807) is 0 Å². The van der Waals surface area contributed by atoms with Crippen molar-refractivity contribution in [2.24, 2.45) is 0 Å². The highest BCUT2D eigenvalue weighted by Gasteiger charge is 2.26. The predicted molar refractivity (Wildman–Crippen MR) is 212 cm³/mol. The van der Waals surface area contributed by atoms with Crippen LogP contribution in [0, 0.1) is 0 Å². The molecule has 0 unspecified atom stereocenters. The van der Waals surface area contributed by atoms with Crippen LogP contribution in [0.3, 0.4) is 0 Å². The maximum absolute atomic E-state index is 6.75. The number of anilines is 3. The van der Waals surface area contributed by atoms with E-state index in [-0.39, 0.29) is 0 Å². The van der Waals surface area contributed by atoms with Crippen LogP contribution in [-0.2, 0) is 0 Å². The summed E-state index contributed by atoms with van der Waals surface area (Å²) in [7, 11) is 0. The number of para-hydroxylation sites is 3. The summed E-state index contributed by atoms with van der Waals surface area (Å²) in [5.74, 6) is 1.75. The first-order valence-electron chi connectivity index (χ1n) is 17.4. The molecule has 10 rings (SSSR count). The van der Waals surface area contributed by atoms with Gasteiger partial charge in [-0.25, -0.2) is 0 Å². The lowest BCUT2D eigenvalue weighted by Crippen LogP contribution is -2.10. The molecule has 2 heterocycles. The molecule has 0 fully saturated rings. The summed E-state index contributed by atoms with van der Waals surface area (Å²) in [6.07, 6.45) is 0. The van der Waals surface area contributed by atoms with Crippen molar-refractivity contribution < 1.29 is 4.74 Å². The van der Waals surface area contributed by atoms with Gasteiger partial charge in [0.25, 0.3) is 0 Å². The molecule has 1 aromatic heterocycles. The Kier molecular flexibility index (Phi) is 6.81. The third-order valence-electron chi connectivity index (χ3n) is 10.0. The number of fused-ring (bicyclic) bond motifs is 5. The highest BCUT2D eigenvalue weighted by Crippen LogP contribution is 2.49. The third kappa shape index (κ3) is 4.90. The predicted octanol–water partition coefficient (Wildman–Crippen LogP) is 13.4. The first-order valence-corrected chi connectivity index (χ1v) is 17.4. The zero-order valence-corrected chi connectivity index (χ0v) is 27.8. The number of hydrogen-bond acceptors (Lipinski definition) is 2. The summed E-state index contributed by atoms with van der Waals surface area (Å²) in [4.78, 5) is 2.32. The van der Waals surface area contributed by atoms with Gasteiger partial charge in [-0.1, -0.05) is 133 Å². The minimum atomic E-state index is 0.862. The number of benzene rings is 8. The molecule has 0 atom stereocenters. The van der Waals surface area contributed by atoms with Gasteiger partial charge in [-0.05, 0) is 88.5 Å². The third-order valence-corrected chi connectivity index (χ3v) is 10.0. The van der Waals surface area contributed by atoms with Gasteiger partial charge >= 0.3 is 0 Å². The molecular formula is C48H32N2O. The molecule has 0 aliphatic carbocycles. The minimum absolute atomic E-state index is 0.862. The molecule has 3 nitrogen and oxygen atoms in total. The Morgan fingerprint density at radius 3 is 1.47 bits per heavy atom. The summed E-state index contributed by atoms with van der Waals surface area (Å²) < 4.78 is 9.10. The summed E-state index contributed by atoms with van der Waals surface area (Å²) in [6, 6.07) is 69.0. The van der Waals surface area contributed by atoms with E-state index in [1.807, 2.05) is 6.07 Å². The van der Waals surface area contributed by atoms with Crippen LogP contribution in [0.4, 0.5) is 17.1 Å². The summed E-state index contributed by atoms with van der Waals surface area (Å²) in [6.45, 7) is 0. The first kappa shape index (κ1) is 29.1. The van der Waals surface area contributed by atoms with Gasteiger partial charge in [0.1, 0.15) is 0 Å². The van der Waals surface area contributed by atoms with E-state index in [0.29, 0.717) is 0 Å². The average Bonchev–Trinajstić information content (AvgIpc) is 3.55. The van der Waals surface area contributed by atoms with Crippen LogP contribution < -0.4 is 9.64 Å². The van der Waals surface area contributed by atoms with Crippen LogP contribution in [-0.4, -0.2) is 4.57 Å². The number of nitrogens with zero attached hydrogens (tertiary/aromatic N) is 2. The van der Waals surface area contributed by atoms with Crippen LogP contribution in [0.5, 0.6) is 11.5 Å². The van der Waals surface area contributed by atoms with Crippen LogP contribution >= 0.6 is 0 Å². The van der Waals surface area contributed by atoms with Gasteiger partial charge in [0, 0.05) is 33.4 Å². The number of ether oxygens (including phenoxy) is 1. The number of aromatic nitrogens is 1. The Balaban J connectivity index is 1.08. The molecule has 3 heteroatoms. The second-order valence-electron chi connectivity index (χ2n) is 13.0. The van der Waals surface area contributed by atoms with Crippen molar-refractivity contribution in [3.63, 3.8) is 0 Å². The van der Waals surface area contributed by atoms with Crippen molar-refractivity contribution in [3.8, 4) is 50.6 Å². The zero-order chi connectivity index (χ0) is 33.7. The fraction of sp³-hybridized carbons (Fsp3) is 0. The van der Waals surface area contributed by atoms with Crippen molar-refractivity contribution in [1.82, 2.24) is 4.57 Å². The molecule has 51 heavy (non-hydrogen) atoms. The molecule has 0 bridgehead atoms. The Bertz CT molecular complexity index is 2590. The van der Waals surface area contributed by atoms with E-state index in [9.17, 15) is 0 Å². The molecule has 8 aromatic carbocycles. The van der Waals surface area contributed by atoms with Gasteiger partial charge in [-0.2, -0.15) is 0 Å². The second-order valence-corrected chi connectivity index (χ2v) is 13.0. The van der Waals surface area contributed by atoms with Crippen LogP contribution in [0.1, 0.15) is 0 Å². The van der Waals surface area contributed by atoms with E-state index in [1.165, 1.54) is 38.5 Å². The van der Waals surface area contributed by atoms with Gasteiger partial charge < -0.3 is 14.2 Å². The lowest BCUT2D eigenvalue weighted by Gasteiger charge is -2.26. The van der Waals surface area contributed by atoms with Crippen molar-refractivity contribution in [3.05, 3.63) is 194 Å². The van der Waals surface area contributed by atoms with Crippen molar-refractivity contribution in [2.45, 2.75) is 0 Å². The quantitative estimate of drug-likeness (QED) is 0.178. The van der Waals surface area contributed by atoms with Gasteiger partial charge in [-0.3, -0.25) is 0 Å². The van der Waals surface area contributed by atoms with E-state index in [4.69, 9.17) is 4.74 Å². The lowest BCUT2D eigenvalue weighted by atomic mass is 10.00. The van der Waals surface area contributed by atoms with E-state index in [2.05, 4.69) is 198 Å². The fourth-order valence-electron chi connectivity index (χ4n) is 7.55. The second kappa shape index (κ2) is 11.9. The highest BCUT2D eigenvalue weighted by molar-refractivity contribution is 6.14. The number of hydrogen-bond donors (Lipinski definition) is 0. The standard InChI is InChI=1S/C48H32N2O/c1-3-11-33(12-4-1)35-19-25-38(26-20-35)49(39-27-21-36(22-28-39)34-13-5-2-6-14-34)40-29-23-37(24-30-40)41-31-32-43-42-15-7-8-16-44(42)50-45-17-9-10-18-46(45)51-48(41)47(43)50/h1-32H. The van der Waals surface area contributed by atoms with Gasteiger partial charge in [0.2, 0.25) is 0 Å². The smallest absolute Gasteiger partial charge is 0.160 e. The average molecular weight is 653 g/mol. The molecule has 1 aliphatic rings. The van der Waals surface area contributed by atoms with Crippen molar-refractivity contribution >= 4 is 38.9 Å². The maximum Gasteiger partial charge on any atom is 0.160 e. The van der Waals surface area contributed by atoms with Crippen LogP contribution in [0.15, 0.2) is 194 Å². The van der Waals surface area contributed by atoms with Crippen molar-refractivity contribution in [2.75, 3.05) is 4.90 Å². The van der Waals surface area contributed by atoms with Gasteiger partial charge in [0.15, 0.2) is 11.5 Å². The molecule has 0 spiro atoms. The molecule has 0 amide bonds. The molecular weight excluding hydrogens is 621 g/mol. The van der Waals surface area contributed by atoms with Crippen LogP contribution in [0.25, 0.3) is 60.9 Å². The fourth-order valence-corrected chi connectivity index (χ4v) is 7.55. The molecule has 0 radical (unpaired) electrons. The SMILES string of the molecule is c1ccc(-c2ccc(N(c3ccc(-c4ccccc4)cc3)c3ccc(-c4ccc5c6ccccc6n6c5c4Oc4ccccc4-6)cc3)cc2)cc1. The van der Waals surface area contributed by atoms with E-state index >= 15 is 0 Å².